The fourth-order valence-corrected chi connectivity index (χ4v) is 4.13. The van der Waals surface area contributed by atoms with Crippen molar-refractivity contribution in [3.05, 3.63) is 35.4 Å². The van der Waals surface area contributed by atoms with Gasteiger partial charge in [0.2, 0.25) is 11.8 Å². The van der Waals surface area contributed by atoms with Gasteiger partial charge < -0.3 is 10.6 Å². The molecule has 0 heterocycles. The van der Waals surface area contributed by atoms with E-state index in [4.69, 9.17) is 0 Å². The number of hydroxylamine groups is 2. The van der Waals surface area contributed by atoms with Crippen LogP contribution in [0.25, 0.3) is 0 Å². The molecule has 0 bridgehead atoms. The van der Waals surface area contributed by atoms with E-state index >= 15 is 0 Å². The Bertz CT molecular complexity index is 704. The van der Waals surface area contributed by atoms with Gasteiger partial charge >= 0.3 is 0 Å². The average Bonchev–Trinajstić information content (AvgIpc) is 2.66. The summed E-state index contributed by atoms with van der Waals surface area (Å²) in [5, 5.41) is 17.6. The molecule has 0 aromatic heterocycles. The first-order valence-electron chi connectivity index (χ1n) is 10.6. The first-order chi connectivity index (χ1) is 13.5. The number of carbonyl (C=O) groups is 2. The van der Waals surface area contributed by atoms with Gasteiger partial charge in [-0.1, -0.05) is 45.0 Å². The third kappa shape index (κ3) is 6.28. The fraction of sp³-hybridized carbons (Fsp3) is 0.652. The SMILES string of the molecule is CC(=O)NCCCNC1(c2cccc(C(C)(C)C)c2)CCC(N(O)C(C)=O)CC1. The molecule has 1 aromatic carbocycles. The van der Waals surface area contributed by atoms with Gasteiger partial charge in [-0.2, -0.15) is 0 Å². The molecule has 0 spiro atoms. The number of nitrogens with one attached hydrogen (secondary N) is 2. The highest BCUT2D eigenvalue weighted by Crippen LogP contribution is 2.39. The Balaban J connectivity index is 2.18. The fourth-order valence-electron chi connectivity index (χ4n) is 4.13. The summed E-state index contributed by atoms with van der Waals surface area (Å²) >= 11 is 0. The third-order valence-corrected chi connectivity index (χ3v) is 5.95. The molecule has 1 aliphatic carbocycles. The van der Waals surface area contributed by atoms with Crippen molar-refractivity contribution in [3.8, 4) is 0 Å². The number of hydrogen-bond donors (Lipinski definition) is 3. The van der Waals surface area contributed by atoms with E-state index < -0.39 is 0 Å². The molecule has 0 unspecified atom stereocenters. The van der Waals surface area contributed by atoms with Gasteiger partial charge in [-0.15, -0.1) is 0 Å². The van der Waals surface area contributed by atoms with Crippen LogP contribution < -0.4 is 10.6 Å². The molecule has 1 saturated carbocycles. The number of carbonyl (C=O) groups excluding carboxylic acids is 2. The highest BCUT2D eigenvalue weighted by molar-refractivity contribution is 5.72. The Labute approximate surface area is 175 Å². The van der Waals surface area contributed by atoms with Crippen LogP contribution in [0.3, 0.4) is 0 Å². The Kier molecular flexibility index (Phi) is 7.83. The van der Waals surface area contributed by atoms with Gasteiger partial charge in [0.1, 0.15) is 0 Å². The highest BCUT2D eigenvalue weighted by atomic mass is 16.5. The molecule has 3 N–H and O–H groups in total. The minimum Gasteiger partial charge on any atom is -0.356 e. The van der Waals surface area contributed by atoms with Crippen LogP contribution in [-0.2, 0) is 20.5 Å². The molecule has 0 saturated heterocycles. The summed E-state index contributed by atoms with van der Waals surface area (Å²) in [6.07, 6.45) is 4.03. The van der Waals surface area contributed by atoms with Crippen molar-refractivity contribution < 1.29 is 14.8 Å². The first kappa shape index (κ1) is 23.4. The molecule has 6 nitrogen and oxygen atoms in total. The minimum absolute atomic E-state index is 0.00892. The lowest BCUT2D eigenvalue weighted by Crippen LogP contribution is -2.50. The molecular formula is C23H37N3O3. The van der Waals surface area contributed by atoms with Crippen molar-refractivity contribution in [3.63, 3.8) is 0 Å². The zero-order chi connectivity index (χ0) is 21.7. The lowest BCUT2D eigenvalue weighted by Gasteiger charge is -2.43. The molecule has 162 valence electrons. The Morgan fingerprint density at radius 2 is 1.83 bits per heavy atom. The lowest BCUT2D eigenvalue weighted by molar-refractivity contribution is -0.177. The van der Waals surface area contributed by atoms with E-state index in [0.29, 0.717) is 6.54 Å². The van der Waals surface area contributed by atoms with E-state index in [9.17, 15) is 14.8 Å². The van der Waals surface area contributed by atoms with Gasteiger partial charge in [0.05, 0.1) is 6.04 Å². The van der Waals surface area contributed by atoms with E-state index in [0.717, 1.165) is 43.7 Å². The largest absolute Gasteiger partial charge is 0.356 e. The second-order valence-corrected chi connectivity index (χ2v) is 9.27. The van der Waals surface area contributed by atoms with E-state index in [-0.39, 0.29) is 28.8 Å². The zero-order valence-electron chi connectivity index (χ0n) is 18.5. The van der Waals surface area contributed by atoms with Gasteiger partial charge in [0, 0.05) is 25.9 Å². The minimum atomic E-state index is -0.305. The third-order valence-electron chi connectivity index (χ3n) is 5.95. The van der Waals surface area contributed by atoms with Gasteiger partial charge in [-0.3, -0.25) is 14.8 Å². The van der Waals surface area contributed by atoms with Crippen LogP contribution in [0.5, 0.6) is 0 Å². The standard InChI is InChI=1S/C23H37N3O3/c1-17(27)24-14-7-15-25-23(12-10-21(11-13-23)26(29)18(2)28)20-9-6-8-19(16-20)22(3,4)5/h6,8-9,16,21,25,29H,7,10-15H2,1-5H3,(H,24,27). The molecule has 0 aliphatic heterocycles. The van der Waals surface area contributed by atoms with Crippen LogP contribution in [0.2, 0.25) is 0 Å². The van der Waals surface area contributed by atoms with E-state index in [2.05, 4.69) is 55.7 Å². The molecular weight excluding hydrogens is 366 g/mol. The second-order valence-electron chi connectivity index (χ2n) is 9.27. The second kappa shape index (κ2) is 9.72. The van der Waals surface area contributed by atoms with Crippen LogP contribution >= 0.6 is 0 Å². The number of benzene rings is 1. The Morgan fingerprint density at radius 3 is 2.38 bits per heavy atom. The number of nitrogens with zero attached hydrogens (tertiary/aromatic N) is 1. The predicted molar refractivity (Wildman–Crippen MR) is 115 cm³/mol. The van der Waals surface area contributed by atoms with Gasteiger partial charge in [0.25, 0.3) is 0 Å². The number of rotatable bonds is 7. The molecule has 0 atom stereocenters. The van der Waals surface area contributed by atoms with E-state index in [1.54, 1.807) is 0 Å². The van der Waals surface area contributed by atoms with Crippen molar-refractivity contribution >= 4 is 11.8 Å². The van der Waals surface area contributed by atoms with Crippen molar-refractivity contribution in [1.29, 1.82) is 0 Å². The summed E-state index contributed by atoms with van der Waals surface area (Å²) in [5.74, 6) is -0.314. The van der Waals surface area contributed by atoms with E-state index in [1.807, 2.05) is 0 Å². The summed E-state index contributed by atoms with van der Waals surface area (Å²) in [5.41, 5.74) is 2.43. The van der Waals surface area contributed by atoms with Crippen LogP contribution in [-0.4, -0.2) is 41.2 Å². The number of amides is 2. The summed E-state index contributed by atoms with van der Waals surface area (Å²) in [7, 11) is 0. The van der Waals surface area contributed by atoms with Crippen molar-refractivity contribution in [2.75, 3.05) is 13.1 Å². The van der Waals surface area contributed by atoms with Gasteiger partial charge in [-0.05, 0) is 55.2 Å². The summed E-state index contributed by atoms with van der Waals surface area (Å²) in [6.45, 7) is 11.0. The smallest absolute Gasteiger partial charge is 0.243 e. The highest BCUT2D eigenvalue weighted by Gasteiger charge is 2.38. The first-order valence-corrected chi connectivity index (χ1v) is 10.6. The van der Waals surface area contributed by atoms with Crippen molar-refractivity contribution in [1.82, 2.24) is 15.7 Å². The topological polar surface area (TPSA) is 81.7 Å². The van der Waals surface area contributed by atoms with Crippen LogP contribution in [0.4, 0.5) is 0 Å². The van der Waals surface area contributed by atoms with Crippen molar-refractivity contribution in [2.45, 2.75) is 83.7 Å². The number of hydrogen-bond acceptors (Lipinski definition) is 4. The maximum absolute atomic E-state index is 11.6. The maximum Gasteiger partial charge on any atom is 0.243 e. The quantitative estimate of drug-likeness (QED) is 0.370. The Hall–Kier alpha value is -1.92. The summed E-state index contributed by atoms with van der Waals surface area (Å²) in [4.78, 5) is 22.6. The van der Waals surface area contributed by atoms with Gasteiger partial charge in [0.15, 0.2) is 0 Å². The average molecular weight is 404 g/mol. The summed E-state index contributed by atoms with van der Waals surface area (Å²) in [6, 6.07) is 8.63. The zero-order valence-corrected chi connectivity index (χ0v) is 18.5. The Morgan fingerprint density at radius 1 is 1.17 bits per heavy atom. The molecule has 1 aromatic rings. The molecule has 0 radical (unpaired) electrons. The van der Waals surface area contributed by atoms with Crippen LogP contribution in [0.1, 0.15) is 77.8 Å². The van der Waals surface area contributed by atoms with Crippen LogP contribution in [0, 0.1) is 0 Å². The van der Waals surface area contributed by atoms with E-state index in [1.165, 1.54) is 25.0 Å². The molecule has 1 fully saturated rings. The molecule has 2 rings (SSSR count). The molecule has 2 amide bonds. The van der Waals surface area contributed by atoms with Crippen LogP contribution in [0.15, 0.2) is 24.3 Å². The molecule has 1 aliphatic rings. The molecule has 6 heteroatoms. The monoisotopic (exact) mass is 403 g/mol. The lowest BCUT2D eigenvalue weighted by atomic mass is 9.73. The van der Waals surface area contributed by atoms with Crippen molar-refractivity contribution in [2.24, 2.45) is 0 Å². The normalized spacial score (nSPS) is 22.2. The van der Waals surface area contributed by atoms with Gasteiger partial charge in [-0.25, -0.2) is 5.06 Å². The molecule has 29 heavy (non-hydrogen) atoms. The maximum atomic E-state index is 11.6. The summed E-state index contributed by atoms with van der Waals surface area (Å²) < 4.78 is 0. The predicted octanol–water partition coefficient (Wildman–Crippen LogP) is 3.48.